The fraction of sp³-hybridized carbons (Fsp3) is 0.750. The average Bonchev–Trinajstić information content (AvgIpc) is 2.80. The van der Waals surface area contributed by atoms with Crippen molar-refractivity contribution in [2.75, 3.05) is 13.1 Å². The van der Waals surface area contributed by atoms with Crippen molar-refractivity contribution in [1.82, 2.24) is 9.88 Å². The zero-order valence-corrected chi connectivity index (χ0v) is 14.1. The normalized spacial score (nSPS) is 21.4. The predicted molar refractivity (Wildman–Crippen MR) is 86.1 cm³/mol. The lowest BCUT2D eigenvalue weighted by molar-refractivity contribution is -0.136. The van der Waals surface area contributed by atoms with Crippen molar-refractivity contribution >= 4 is 17.3 Å². The lowest BCUT2D eigenvalue weighted by Crippen LogP contribution is -2.41. The van der Waals surface area contributed by atoms with E-state index in [2.05, 4.69) is 23.7 Å². The van der Waals surface area contributed by atoms with Gasteiger partial charge in [-0.15, -0.1) is 11.3 Å². The average molecular weight is 310 g/mol. The fourth-order valence-corrected chi connectivity index (χ4v) is 4.25. The minimum atomic E-state index is -0.775. The highest BCUT2D eigenvalue weighted by Gasteiger charge is 2.24. The van der Waals surface area contributed by atoms with Crippen molar-refractivity contribution in [2.24, 2.45) is 0 Å². The first-order valence-corrected chi connectivity index (χ1v) is 8.75. The first-order valence-electron chi connectivity index (χ1n) is 7.93. The molecule has 1 N–H and O–H groups in total. The summed E-state index contributed by atoms with van der Waals surface area (Å²) in [6, 6.07) is 0.709. The molecule has 0 aromatic carbocycles. The Morgan fingerprint density at radius 1 is 1.52 bits per heavy atom. The summed E-state index contributed by atoms with van der Waals surface area (Å²) in [6.07, 6.45) is 5.27. The highest BCUT2D eigenvalue weighted by molar-refractivity contribution is 7.11. The highest BCUT2D eigenvalue weighted by Crippen LogP contribution is 2.28. The minimum Gasteiger partial charge on any atom is -0.481 e. The van der Waals surface area contributed by atoms with Crippen LogP contribution in [-0.4, -0.2) is 40.1 Å². The molecule has 5 heteroatoms. The summed E-state index contributed by atoms with van der Waals surface area (Å²) in [4.78, 5) is 19.0. The van der Waals surface area contributed by atoms with Crippen molar-refractivity contribution in [3.05, 3.63) is 15.6 Å². The molecule has 0 amide bonds. The molecule has 1 aromatic rings. The van der Waals surface area contributed by atoms with Crippen molar-refractivity contribution < 1.29 is 9.90 Å². The van der Waals surface area contributed by atoms with Gasteiger partial charge < -0.3 is 5.11 Å². The molecule has 4 nitrogen and oxygen atoms in total. The van der Waals surface area contributed by atoms with Crippen LogP contribution in [0.3, 0.4) is 0 Å². The Balaban J connectivity index is 2.02. The number of carboxylic acids is 1. The molecule has 1 aliphatic rings. The van der Waals surface area contributed by atoms with E-state index < -0.39 is 5.97 Å². The Kier molecular flexibility index (Phi) is 5.76. The van der Waals surface area contributed by atoms with E-state index in [9.17, 15) is 4.79 Å². The van der Waals surface area contributed by atoms with E-state index in [1.54, 1.807) is 11.3 Å². The van der Waals surface area contributed by atoms with E-state index in [1.807, 2.05) is 6.92 Å². The summed E-state index contributed by atoms with van der Waals surface area (Å²) in [5.74, 6) is -0.397. The van der Waals surface area contributed by atoms with Crippen LogP contribution in [0.25, 0.3) is 0 Å². The zero-order valence-electron chi connectivity index (χ0n) is 13.3. The van der Waals surface area contributed by atoms with Crippen LogP contribution in [0, 0.1) is 6.92 Å². The number of rotatable bonds is 6. The Labute approximate surface area is 131 Å². The monoisotopic (exact) mass is 310 g/mol. The summed E-state index contributed by atoms with van der Waals surface area (Å²) in [6.45, 7) is 8.63. The molecule has 0 aliphatic carbocycles. The second kappa shape index (κ2) is 7.36. The van der Waals surface area contributed by atoms with Gasteiger partial charge in [-0.3, -0.25) is 9.69 Å². The summed E-state index contributed by atoms with van der Waals surface area (Å²) >= 11 is 1.57. The maximum Gasteiger partial charge on any atom is 0.308 e. The molecular formula is C16H26N2O2S. The topological polar surface area (TPSA) is 53.4 Å². The molecule has 1 aromatic heterocycles. The van der Waals surface area contributed by atoms with Crippen LogP contribution in [0.15, 0.2) is 0 Å². The number of hydrogen-bond donors (Lipinski definition) is 1. The SMILES string of the molecule is CCC1CCCCN1CC(C)c1nc(C)c(CC(=O)O)s1. The van der Waals surface area contributed by atoms with E-state index in [1.165, 1.54) is 32.2 Å². The number of thiazole rings is 1. The van der Waals surface area contributed by atoms with Gasteiger partial charge in [0.25, 0.3) is 0 Å². The molecule has 2 atom stereocenters. The first-order chi connectivity index (χ1) is 10.0. The van der Waals surface area contributed by atoms with Crippen LogP contribution in [0.1, 0.15) is 61.0 Å². The molecule has 0 spiro atoms. The largest absolute Gasteiger partial charge is 0.481 e. The van der Waals surface area contributed by atoms with Gasteiger partial charge in [0.1, 0.15) is 0 Å². The lowest BCUT2D eigenvalue weighted by atomic mass is 9.98. The maximum atomic E-state index is 10.9. The molecule has 21 heavy (non-hydrogen) atoms. The molecule has 1 saturated heterocycles. The Hall–Kier alpha value is -0.940. The second-order valence-corrected chi connectivity index (χ2v) is 7.20. The second-order valence-electron chi connectivity index (χ2n) is 6.09. The number of piperidine rings is 1. The van der Waals surface area contributed by atoms with Gasteiger partial charge in [0.05, 0.1) is 17.1 Å². The van der Waals surface area contributed by atoms with Crippen molar-refractivity contribution in [3.8, 4) is 0 Å². The number of hydrogen-bond acceptors (Lipinski definition) is 4. The van der Waals surface area contributed by atoms with Gasteiger partial charge in [-0.1, -0.05) is 20.3 Å². The Bertz CT molecular complexity index is 487. The Morgan fingerprint density at radius 2 is 2.29 bits per heavy atom. The molecule has 0 saturated carbocycles. The van der Waals surface area contributed by atoms with E-state index in [-0.39, 0.29) is 6.42 Å². The van der Waals surface area contributed by atoms with Gasteiger partial charge in [0, 0.05) is 23.4 Å². The molecule has 2 rings (SSSR count). The maximum absolute atomic E-state index is 10.9. The number of carbonyl (C=O) groups is 1. The van der Waals surface area contributed by atoms with E-state index in [0.29, 0.717) is 12.0 Å². The smallest absolute Gasteiger partial charge is 0.308 e. The first kappa shape index (κ1) is 16.4. The predicted octanol–water partition coefficient (Wildman–Crippen LogP) is 3.45. The molecule has 0 radical (unpaired) electrons. The minimum absolute atomic E-state index is 0.0948. The fourth-order valence-electron chi connectivity index (χ4n) is 3.16. The van der Waals surface area contributed by atoms with Crippen LogP contribution >= 0.6 is 11.3 Å². The van der Waals surface area contributed by atoms with E-state index in [0.717, 1.165) is 22.1 Å². The molecule has 1 fully saturated rings. The summed E-state index contributed by atoms with van der Waals surface area (Å²) in [5.41, 5.74) is 0.884. The Morgan fingerprint density at radius 3 is 2.95 bits per heavy atom. The van der Waals surface area contributed by atoms with Gasteiger partial charge in [-0.2, -0.15) is 0 Å². The molecule has 2 heterocycles. The number of carboxylic acid groups (broad SMARTS) is 1. The zero-order chi connectivity index (χ0) is 15.4. The van der Waals surface area contributed by atoms with Gasteiger partial charge in [-0.25, -0.2) is 4.98 Å². The molecule has 0 bridgehead atoms. The summed E-state index contributed by atoms with van der Waals surface area (Å²) < 4.78 is 0. The van der Waals surface area contributed by atoms with Gasteiger partial charge >= 0.3 is 5.97 Å². The van der Waals surface area contributed by atoms with Gasteiger partial charge in [-0.05, 0) is 32.7 Å². The third-order valence-electron chi connectivity index (χ3n) is 4.37. The molecule has 118 valence electrons. The third-order valence-corrected chi connectivity index (χ3v) is 5.76. The number of aryl methyl sites for hydroxylation is 1. The number of nitrogens with zero attached hydrogens (tertiary/aromatic N) is 2. The van der Waals surface area contributed by atoms with E-state index in [4.69, 9.17) is 5.11 Å². The summed E-state index contributed by atoms with van der Waals surface area (Å²) in [7, 11) is 0. The van der Waals surface area contributed by atoms with Crippen molar-refractivity contribution in [2.45, 2.75) is 64.8 Å². The molecule has 1 aliphatic heterocycles. The highest BCUT2D eigenvalue weighted by atomic mass is 32.1. The van der Waals surface area contributed by atoms with Gasteiger partial charge in [0.15, 0.2) is 0 Å². The third kappa shape index (κ3) is 4.27. The van der Waals surface area contributed by atoms with E-state index >= 15 is 0 Å². The van der Waals surface area contributed by atoms with Crippen molar-refractivity contribution in [3.63, 3.8) is 0 Å². The lowest BCUT2D eigenvalue weighted by Gasteiger charge is -2.36. The summed E-state index contributed by atoms with van der Waals surface area (Å²) in [5, 5.41) is 10.0. The van der Waals surface area contributed by atoms with Crippen LogP contribution in [0.2, 0.25) is 0 Å². The van der Waals surface area contributed by atoms with Crippen LogP contribution < -0.4 is 0 Å². The van der Waals surface area contributed by atoms with Crippen LogP contribution in [0.5, 0.6) is 0 Å². The van der Waals surface area contributed by atoms with Crippen LogP contribution in [0.4, 0.5) is 0 Å². The molecular weight excluding hydrogens is 284 g/mol. The standard InChI is InChI=1S/C16H26N2O2S/c1-4-13-7-5-6-8-18(13)10-11(2)16-17-12(3)14(21-16)9-15(19)20/h11,13H,4-10H2,1-3H3,(H,19,20). The number of aliphatic carboxylic acids is 1. The van der Waals surface area contributed by atoms with Crippen molar-refractivity contribution in [1.29, 1.82) is 0 Å². The number of likely N-dealkylation sites (tertiary alicyclic amines) is 1. The number of aromatic nitrogens is 1. The quantitative estimate of drug-likeness (QED) is 0.874. The van der Waals surface area contributed by atoms with Gasteiger partial charge in [0.2, 0.25) is 0 Å². The molecule has 2 unspecified atom stereocenters. The van der Waals surface area contributed by atoms with Crippen LogP contribution in [-0.2, 0) is 11.2 Å².